The van der Waals surface area contributed by atoms with Crippen LogP contribution < -0.4 is 0 Å². The van der Waals surface area contributed by atoms with Gasteiger partial charge in [-0.2, -0.15) is 0 Å². The second-order valence-electron chi connectivity index (χ2n) is 10.8. The molecule has 2 fully saturated rings. The predicted octanol–water partition coefficient (Wildman–Crippen LogP) is 4.07. The van der Waals surface area contributed by atoms with E-state index in [0.29, 0.717) is 31.3 Å². The highest BCUT2D eigenvalue weighted by Gasteiger charge is 2.70. The number of carbonyl (C=O) groups excluding carboxylic acids is 4. The van der Waals surface area contributed by atoms with Crippen LogP contribution in [0.4, 0.5) is 4.39 Å². The van der Waals surface area contributed by atoms with Crippen molar-refractivity contribution in [3.8, 4) is 0 Å². The smallest absolute Gasteiger partial charge is 0.303 e. The van der Waals surface area contributed by atoms with Crippen LogP contribution >= 0.6 is 0 Å². The number of allylic oxidation sites excluding steroid dienone is 4. The van der Waals surface area contributed by atoms with Crippen molar-refractivity contribution in [2.75, 3.05) is 6.61 Å². The van der Waals surface area contributed by atoms with Crippen molar-refractivity contribution in [3.05, 3.63) is 23.3 Å². The van der Waals surface area contributed by atoms with E-state index in [-0.39, 0.29) is 30.0 Å². The Labute approximate surface area is 193 Å². The van der Waals surface area contributed by atoms with Crippen LogP contribution in [-0.4, -0.2) is 41.9 Å². The van der Waals surface area contributed by atoms with E-state index in [0.717, 1.165) is 5.57 Å². The molecule has 33 heavy (non-hydrogen) atoms. The quantitative estimate of drug-likeness (QED) is 0.464. The van der Waals surface area contributed by atoms with E-state index in [4.69, 9.17) is 9.47 Å². The van der Waals surface area contributed by atoms with Crippen LogP contribution in [0.25, 0.3) is 0 Å². The number of esters is 2. The molecule has 4 rings (SSSR count). The molecule has 0 aromatic carbocycles. The lowest BCUT2D eigenvalue weighted by Crippen LogP contribution is -2.60. The monoisotopic (exact) mass is 460 g/mol. The van der Waals surface area contributed by atoms with Crippen LogP contribution in [0.1, 0.15) is 66.7 Å². The van der Waals surface area contributed by atoms with Crippen molar-refractivity contribution in [3.63, 3.8) is 0 Å². The number of hydrogen-bond donors (Lipinski definition) is 0. The molecule has 0 aromatic rings. The summed E-state index contributed by atoms with van der Waals surface area (Å²) in [5.74, 6) is -2.11. The van der Waals surface area contributed by atoms with Crippen LogP contribution in [0.5, 0.6) is 0 Å². The lowest BCUT2D eigenvalue weighted by molar-refractivity contribution is -0.190. The van der Waals surface area contributed by atoms with Gasteiger partial charge in [-0.1, -0.05) is 32.4 Å². The number of Topliss-reactive ketones (excluding diaryl/α,β-unsaturated/α-hetero) is 1. The summed E-state index contributed by atoms with van der Waals surface area (Å²) in [4.78, 5) is 49.2. The van der Waals surface area contributed by atoms with Gasteiger partial charge in [0.05, 0.1) is 0 Å². The Bertz CT molecular complexity index is 981. The van der Waals surface area contributed by atoms with Crippen LogP contribution in [0.2, 0.25) is 0 Å². The van der Waals surface area contributed by atoms with E-state index in [1.165, 1.54) is 19.9 Å². The molecule has 180 valence electrons. The van der Waals surface area contributed by atoms with E-state index in [2.05, 4.69) is 6.08 Å². The summed E-state index contributed by atoms with van der Waals surface area (Å²) in [6.07, 6.45) is 4.70. The summed E-state index contributed by atoms with van der Waals surface area (Å²) in [6, 6.07) is 0. The van der Waals surface area contributed by atoms with E-state index in [1.807, 2.05) is 20.8 Å². The Morgan fingerprint density at radius 2 is 1.82 bits per heavy atom. The van der Waals surface area contributed by atoms with Crippen molar-refractivity contribution in [1.82, 2.24) is 0 Å². The molecule has 4 aliphatic carbocycles. The zero-order valence-electron chi connectivity index (χ0n) is 20.0. The van der Waals surface area contributed by atoms with Gasteiger partial charge in [0.2, 0.25) is 5.78 Å². The first-order valence-electron chi connectivity index (χ1n) is 11.8. The van der Waals surface area contributed by atoms with Gasteiger partial charge in [0.25, 0.3) is 0 Å². The molecule has 0 unspecified atom stereocenters. The Morgan fingerprint density at radius 3 is 2.45 bits per heavy atom. The highest BCUT2D eigenvalue weighted by Crippen LogP contribution is 2.68. The maximum Gasteiger partial charge on any atom is 0.303 e. The first-order chi connectivity index (χ1) is 15.4. The van der Waals surface area contributed by atoms with Crippen molar-refractivity contribution in [1.29, 1.82) is 0 Å². The molecule has 7 atom stereocenters. The number of rotatable bonds is 4. The minimum absolute atomic E-state index is 0.0238. The fraction of sp³-hybridized carbons (Fsp3) is 0.692. The first-order valence-corrected chi connectivity index (χ1v) is 11.8. The average Bonchev–Trinajstić information content (AvgIpc) is 2.95. The Balaban J connectivity index is 1.80. The van der Waals surface area contributed by atoms with Gasteiger partial charge in [0, 0.05) is 37.0 Å². The van der Waals surface area contributed by atoms with Gasteiger partial charge in [0.15, 0.2) is 18.0 Å². The molecule has 7 heteroatoms. The molecule has 2 saturated carbocycles. The summed E-state index contributed by atoms with van der Waals surface area (Å²) >= 11 is 0. The molecule has 0 spiro atoms. The fourth-order valence-electron chi connectivity index (χ4n) is 7.56. The summed E-state index contributed by atoms with van der Waals surface area (Å²) in [7, 11) is 0. The van der Waals surface area contributed by atoms with Crippen LogP contribution in [-0.2, 0) is 28.7 Å². The average molecular weight is 461 g/mol. The lowest BCUT2D eigenvalue weighted by Gasteiger charge is -2.55. The van der Waals surface area contributed by atoms with E-state index in [1.54, 1.807) is 0 Å². The SMILES string of the molecule is CC(=O)OCC(=O)[C@]1(OC(C)=O)[C@@H](C)C[C@H]2[C@@H]3C[C@H](F)C4=CC(=O)CC[C@]4(C)C3=CC[C@@]21C. The second-order valence-corrected chi connectivity index (χ2v) is 10.8. The molecule has 0 N–H and O–H groups in total. The van der Waals surface area contributed by atoms with Crippen molar-refractivity contribution < 1.29 is 33.0 Å². The van der Waals surface area contributed by atoms with Crippen molar-refractivity contribution in [2.45, 2.75) is 78.5 Å². The minimum atomic E-state index is -1.45. The van der Waals surface area contributed by atoms with Gasteiger partial charge < -0.3 is 9.47 Å². The number of alkyl halides is 1. The highest BCUT2D eigenvalue weighted by molar-refractivity contribution is 5.94. The standard InChI is InChI=1S/C26H33FO6/c1-14-10-20-18-12-22(27)21-11-17(30)6-8-24(21,4)19(18)7-9-25(20,5)26(14,33-16(3)29)23(31)13-32-15(2)28/h7,11,14,18,20,22H,6,8-10,12-13H2,1-5H3/t14-,18+,20-,22-,24+,25-,26+/m0/s1. The maximum atomic E-state index is 15.5. The molecule has 0 aliphatic heterocycles. The molecule has 0 heterocycles. The van der Waals surface area contributed by atoms with Crippen molar-refractivity contribution >= 4 is 23.5 Å². The number of halogens is 1. The van der Waals surface area contributed by atoms with Gasteiger partial charge in [0.1, 0.15) is 6.17 Å². The number of carbonyl (C=O) groups is 4. The molecule has 0 aromatic heterocycles. The molecule has 0 radical (unpaired) electrons. The third kappa shape index (κ3) is 3.33. The van der Waals surface area contributed by atoms with Gasteiger partial charge >= 0.3 is 11.9 Å². The Morgan fingerprint density at radius 1 is 1.12 bits per heavy atom. The molecular formula is C26H33FO6. The van der Waals surface area contributed by atoms with E-state index >= 15 is 4.39 Å². The topological polar surface area (TPSA) is 86.7 Å². The Kier molecular flexibility index (Phi) is 5.69. The number of hydrogen-bond acceptors (Lipinski definition) is 6. The Hall–Kier alpha value is -2.31. The summed E-state index contributed by atoms with van der Waals surface area (Å²) in [5.41, 5.74) is -0.990. The van der Waals surface area contributed by atoms with E-state index < -0.39 is 46.9 Å². The van der Waals surface area contributed by atoms with Gasteiger partial charge in [-0.3, -0.25) is 19.2 Å². The molecule has 0 amide bonds. The number of ether oxygens (including phenoxy) is 2. The second kappa shape index (κ2) is 7.88. The van der Waals surface area contributed by atoms with Gasteiger partial charge in [-0.15, -0.1) is 0 Å². The largest absolute Gasteiger partial charge is 0.458 e. The van der Waals surface area contributed by atoms with Gasteiger partial charge in [-0.05, 0) is 49.2 Å². The highest BCUT2D eigenvalue weighted by atomic mass is 19.1. The number of ketones is 2. The maximum absolute atomic E-state index is 15.5. The van der Waals surface area contributed by atoms with Crippen LogP contribution in [0.15, 0.2) is 23.3 Å². The zero-order chi connectivity index (χ0) is 24.3. The van der Waals surface area contributed by atoms with Crippen LogP contribution in [0, 0.1) is 28.6 Å². The summed E-state index contributed by atoms with van der Waals surface area (Å²) < 4.78 is 26.4. The van der Waals surface area contributed by atoms with Gasteiger partial charge in [-0.25, -0.2) is 4.39 Å². The normalized spacial score (nSPS) is 41.7. The predicted molar refractivity (Wildman–Crippen MR) is 118 cm³/mol. The van der Waals surface area contributed by atoms with Crippen LogP contribution in [0.3, 0.4) is 0 Å². The molecular weight excluding hydrogens is 427 g/mol. The minimum Gasteiger partial charge on any atom is -0.458 e. The first kappa shape index (κ1) is 23.8. The lowest BCUT2D eigenvalue weighted by atomic mass is 9.50. The molecule has 4 aliphatic rings. The zero-order valence-corrected chi connectivity index (χ0v) is 20.0. The fourth-order valence-corrected chi connectivity index (χ4v) is 7.56. The molecule has 0 bridgehead atoms. The number of fused-ring (bicyclic) bond motifs is 5. The van der Waals surface area contributed by atoms with E-state index in [9.17, 15) is 19.2 Å². The molecule has 6 nitrogen and oxygen atoms in total. The molecule has 0 saturated heterocycles. The summed E-state index contributed by atoms with van der Waals surface area (Å²) in [5, 5.41) is 0. The summed E-state index contributed by atoms with van der Waals surface area (Å²) in [6.45, 7) is 7.92. The third-order valence-corrected chi connectivity index (χ3v) is 8.99. The third-order valence-electron chi connectivity index (χ3n) is 8.99. The van der Waals surface area contributed by atoms with Crippen molar-refractivity contribution in [2.24, 2.45) is 28.6 Å².